The molecule has 1 saturated heterocycles. The van der Waals surface area contributed by atoms with Gasteiger partial charge in [-0.05, 0) is 99.6 Å². The van der Waals surface area contributed by atoms with Crippen molar-refractivity contribution in [1.29, 1.82) is 0 Å². The molecule has 5 rings (SSSR count). The van der Waals surface area contributed by atoms with E-state index in [0.717, 1.165) is 48.4 Å². The summed E-state index contributed by atoms with van der Waals surface area (Å²) < 4.78 is 5.46. The molecule has 1 radical (unpaired) electrons. The Morgan fingerprint density at radius 3 is 2.78 bits per heavy atom. The number of fused-ring (bicyclic) bond motifs is 1. The number of likely N-dealkylation sites (tertiary alicyclic amines) is 1. The van der Waals surface area contributed by atoms with Crippen LogP contribution in [0.4, 0.5) is 0 Å². The predicted octanol–water partition coefficient (Wildman–Crippen LogP) is 6.32. The SMILES string of the molecule is COc1cccc(C2[C]=C(N3CCC[C@@]3(C)c3nc4cc(C)c(C)cc4[nH]3)C(C)=CC2)c1. The smallest absolute Gasteiger partial charge is 0.132 e. The van der Waals surface area contributed by atoms with E-state index in [1.165, 1.54) is 28.0 Å². The van der Waals surface area contributed by atoms with Crippen molar-refractivity contribution in [3.8, 4) is 5.75 Å². The number of imidazole rings is 1. The van der Waals surface area contributed by atoms with Gasteiger partial charge in [-0.25, -0.2) is 4.98 Å². The fraction of sp³-hybridized carbons (Fsp3) is 0.393. The highest BCUT2D eigenvalue weighted by Crippen LogP contribution is 2.44. The van der Waals surface area contributed by atoms with E-state index >= 15 is 0 Å². The number of methoxy groups -OCH3 is 1. The van der Waals surface area contributed by atoms with Gasteiger partial charge < -0.3 is 14.6 Å². The van der Waals surface area contributed by atoms with Crippen LogP contribution in [0.3, 0.4) is 0 Å². The van der Waals surface area contributed by atoms with Crippen molar-refractivity contribution in [1.82, 2.24) is 14.9 Å². The van der Waals surface area contributed by atoms with Crippen LogP contribution in [0, 0.1) is 19.9 Å². The first-order valence-electron chi connectivity index (χ1n) is 11.6. The lowest BCUT2D eigenvalue weighted by Gasteiger charge is -2.39. The van der Waals surface area contributed by atoms with Crippen LogP contribution in [0.2, 0.25) is 0 Å². The number of hydrogen-bond donors (Lipinski definition) is 1. The van der Waals surface area contributed by atoms with Gasteiger partial charge in [-0.15, -0.1) is 0 Å². The molecule has 4 heteroatoms. The van der Waals surface area contributed by atoms with Crippen molar-refractivity contribution in [2.75, 3.05) is 13.7 Å². The molecule has 165 valence electrons. The van der Waals surface area contributed by atoms with Crippen LogP contribution in [-0.4, -0.2) is 28.5 Å². The first kappa shape index (κ1) is 20.9. The molecule has 0 amide bonds. The number of benzene rings is 2. The summed E-state index contributed by atoms with van der Waals surface area (Å²) in [4.78, 5) is 11.3. The van der Waals surface area contributed by atoms with Gasteiger partial charge in [0.15, 0.2) is 0 Å². The zero-order chi connectivity index (χ0) is 22.5. The van der Waals surface area contributed by atoms with Gasteiger partial charge in [0.1, 0.15) is 11.6 Å². The molecule has 2 atom stereocenters. The van der Waals surface area contributed by atoms with E-state index in [9.17, 15) is 0 Å². The molecule has 1 aliphatic heterocycles. The Hall–Kier alpha value is -3.01. The number of aromatic amines is 1. The van der Waals surface area contributed by atoms with Crippen LogP contribution in [0.25, 0.3) is 11.0 Å². The summed E-state index contributed by atoms with van der Waals surface area (Å²) in [6.07, 6.45) is 9.42. The number of rotatable bonds is 4. The topological polar surface area (TPSA) is 41.1 Å². The molecule has 2 aliphatic rings. The van der Waals surface area contributed by atoms with Crippen molar-refractivity contribution in [2.24, 2.45) is 0 Å². The Labute approximate surface area is 191 Å². The maximum atomic E-state index is 5.46. The molecular formula is C28H32N3O. The lowest BCUT2D eigenvalue weighted by atomic mass is 9.87. The highest BCUT2D eigenvalue weighted by molar-refractivity contribution is 5.77. The average Bonchev–Trinajstić information content (AvgIpc) is 3.39. The molecule has 1 unspecified atom stereocenters. The maximum absolute atomic E-state index is 5.46. The highest BCUT2D eigenvalue weighted by Gasteiger charge is 2.42. The first-order valence-corrected chi connectivity index (χ1v) is 11.6. The van der Waals surface area contributed by atoms with Gasteiger partial charge in [-0.2, -0.15) is 0 Å². The van der Waals surface area contributed by atoms with E-state index in [4.69, 9.17) is 9.72 Å². The number of aryl methyl sites for hydroxylation is 2. The Kier molecular flexibility index (Phi) is 5.11. The number of aromatic nitrogens is 2. The van der Waals surface area contributed by atoms with Crippen LogP contribution >= 0.6 is 0 Å². The second kappa shape index (κ2) is 7.84. The Bertz CT molecular complexity index is 1200. The molecule has 1 aliphatic carbocycles. The molecular weight excluding hydrogens is 394 g/mol. The van der Waals surface area contributed by atoms with Gasteiger partial charge in [0.25, 0.3) is 0 Å². The molecule has 0 bridgehead atoms. The Morgan fingerprint density at radius 1 is 1.16 bits per heavy atom. The second-order valence-corrected chi connectivity index (χ2v) is 9.51. The van der Waals surface area contributed by atoms with Crippen molar-refractivity contribution < 1.29 is 4.74 Å². The summed E-state index contributed by atoms with van der Waals surface area (Å²) in [5.41, 5.74) is 8.36. The molecule has 3 aromatic rings. The van der Waals surface area contributed by atoms with Crippen molar-refractivity contribution in [3.63, 3.8) is 0 Å². The quantitative estimate of drug-likeness (QED) is 0.531. The summed E-state index contributed by atoms with van der Waals surface area (Å²) in [5, 5.41) is 0. The third kappa shape index (κ3) is 3.42. The van der Waals surface area contributed by atoms with Gasteiger partial charge in [-0.3, -0.25) is 0 Å². The normalized spacial score (nSPS) is 23.4. The molecule has 2 heterocycles. The summed E-state index contributed by atoms with van der Waals surface area (Å²) in [7, 11) is 1.72. The second-order valence-electron chi connectivity index (χ2n) is 9.51. The minimum Gasteiger partial charge on any atom is -0.497 e. The number of ether oxygens (including phenoxy) is 1. The van der Waals surface area contributed by atoms with Crippen LogP contribution in [0.15, 0.2) is 53.7 Å². The number of allylic oxidation sites excluding steroid dienone is 3. The largest absolute Gasteiger partial charge is 0.497 e. The van der Waals surface area contributed by atoms with Gasteiger partial charge in [0.05, 0.1) is 23.7 Å². The molecule has 0 spiro atoms. The van der Waals surface area contributed by atoms with Crippen molar-refractivity contribution >= 4 is 11.0 Å². The van der Waals surface area contributed by atoms with Crippen LogP contribution in [-0.2, 0) is 5.54 Å². The summed E-state index contributed by atoms with van der Waals surface area (Å²) >= 11 is 0. The van der Waals surface area contributed by atoms with Gasteiger partial charge in [0, 0.05) is 18.2 Å². The van der Waals surface area contributed by atoms with Gasteiger partial charge >= 0.3 is 0 Å². The zero-order valence-electron chi connectivity index (χ0n) is 19.7. The average molecular weight is 427 g/mol. The third-order valence-corrected chi connectivity index (χ3v) is 7.36. The zero-order valence-corrected chi connectivity index (χ0v) is 19.7. The van der Waals surface area contributed by atoms with Gasteiger partial charge in [0.2, 0.25) is 0 Å². The standard InChI is InChI=1S/C28H32N3O/c1-18-10-11-22(21-8-6-9-23(16-21)32-5)17-26(18)31-13-7-12-28(31,4)27-29-24-14-19(2)20(3)15-25(24)30-27/h6,8-10,14-16,22H,7,11-13H2,1-5H3,(H,29,30)/t22?,28-/m0/s1. The summed E-state index contributed by atoms with van der Waals surface area (Å²) in [6.45, 7) is 9.88. The molecule has 2 aromatic carbocycles. The van der Waals surface area contributed by atoms with E-state index < -0.39 is 0 Å². The van der Waals surface area contributed by atoms with Crippen LogP contribution in [0.1, 0.15) is 61.5 Å². The van der Waals surface area contributed by atoms with Gasteiger partial charge in [-0.1, -0.05) is 18.2 Å². The fourth-order valence-corrected chi connectivity index (χ4v) is 5.19. The summed E-state index contributed by atoms with van der Waals surface area (Å²) in [6, 6.07) is 12.8. The maximum Gasteiger partial charge on any atom is 0.132 e. The minimum absolute atomic E-state index is 0.172. The number of H-pyrrole nitrogens is 1. The fourth-order valence-electron chi connectivity index (χ4n) is 5.19. The Balaban J connectivity index is 1.53. The first-order chi connectivity index (χ1) is 15.4. The van der Waals surface area contributed by atoms with Crippen molar-refractivity contribution in [2.45, 2.75) is 58.4 Å². The lowest BCUT2D eigenvalue weighted by Crippen LogP contribution is -2.40. The molecule has 1 N–H and O–H groups in total. The number of hydrogen-bond acceptors (Lipinski definition) is 3. The molecule has 32 heavy (non-hydrogen) atoms. The van der Waals surface area contributed by atoms with E-state index in [1.807, 2.05) is 6.07 Å². The highest BCUT2D eigenvalue weighted by atomic mass is 16.5. The Morgan fingerprint density at radius 2 is 1.97 bits per heavy atom. The summed E-state index contributed by atoms with van der Waals surface area (Å²) in [5.74, 6) is 2.19. The van der Waals surface area contributed by atoms with E-state index in [2.05, 4.69) is 80.1 Å². The van der Waals surface area contributed by atoms with E-state index in [1.54, 1.807) is 7.11 Å². The lowest BCUT2D eigenvalue weighted by molar-refractivity contribution is 0.197. The third-order valence-electron chi connectivity index (χ3n) is 7.36. The molecule has 1 aromatic heterocycles. The molecule has 4 nitrogen and oxygen atoms in total. The van der Waals surface area contributed by atoms with E-state index in [0.29, 0.717) is 0 Å². The van der Waals surface area contributed by atoms with Crippen LogP contribution in [0.5, 0.6) is 5.75 Å². The van der Waals surface area contributed by atoms with E-state index in [-0.39, 0.29) is 11.5 Å². The van der Waals surface area contributed by atoms with Crippen molar-refractivity contribution in [3.05, 3.63) is 82.3 Å². The predicted molar refractivity (Wildman–Crippen MR) is 130 cm³/mol. The number of nitrogens with one attached hydrogen (secondary N) is 1. The number of nitrogens with zero attached hydrogens (tertiary/aromatic N) is 2. The molecule has 1 fully saturated rings. The van der Waals surface area contributed by atoms with Crippen LogP contribution < -0.4 is 4.74 Å². The monoisotopic (exact) mass is 426 g/mol. The molecule has 0 saturated carbocycles. The minimum atomic E-state index is -0.172.